The van der Waals surface area contributed by atoms with Crippen LogP contribution >= 0.6 is 11.3 Å². The highest BCUT2D eigenvalue weighted by Crippen LogP contribution is 2.33. The summed E-state index contributed by atoms with van der Waals surface area (Å²) in [6, 6.07) is 14.8. The summed E-state index contributed by atoms with van der Waals surface area (Å²) < 4.78 is 28.1. The van der Waals surface area contributed by atoms with Crippen LogP contribution in [0.1, 0.15) is 22.2 Å². The van der Waals surface area contributed by atoms with Crippen molar-refractivity contribution in [1.82, 2.24) is 4.98 Å². The quantitative estimate of drug-likeness (QED) is 0.593. The molecule has 0 aliphatic carbocycles. The fourth-order valence-electron chi connectivity index (χ4n) is 2.56. The van der Waals surface area contributed by atoms with Gasteiger partial charge in [-0.3, -0.25) is 10.1 Å². The molecule has 0 bridgehead atoms. The number of thiazole rings is 1. The molecule has 150 valence electrons. The molecule has 29 heavy (non-hydrogen) atoms. The number of benzene rings is 2. The zero-order valence-electron chi connectivity index (χ0n) is 15.7. The van der Waals surface area contributed by atoms with E-state index in [-0.39, 0.29) is 22.4 Å². The third-order valence-corrected chi connectivity index (χ3v) is 6.01. The lowest BCUT2D eigenvalue weighted by molar-refractivity contribution is 0.104. The highest BCUT2D eigenvalue weighted by Gasteiger charge is 2.22. The molecule has 0 aliphatic heterocycles. The molecule has 0 fully saturated rings. The number of ketones is 1. The third kappa shape index (κ3) is 4.87. The van der Waals surface area contributed by atoms with Gasteiger partial charge in [0.1, 0.15) is 4.88 Å². The summed E-state index contributed by atoms with van der Waals surface area (Å²) in [4.78, 5) is 29.7. The first-order valence-corrected chi connectivity index (χ1v) is 11.3. The van der Waals surface area contributed by atoms with Gasteiger partial charge in [-0.15, -0.1) is 0 Å². The number of nitrogens with zero attached hydrogens (tertiary/aromatic N) is 1. The molecule has 3 rings (SSSR count). The summed E-state index contributed by atoms with van der Waals surface area (Å²) in [5.41, 5.74) is 1.47. The first-order chi connectivity index (χ1) is 13.8. The summed E-state index contributed by atoms with van der Waals surface area (Å²) in [5, 5.41) is 2.76. The van der Waals surface area contributed by atoms with Gasteiger partial charge in [-0.05, 0) is 31.2 Å². The molecule has 0 radical (unpaired) electrons. The third-order valence-electron chi connectivity index (χ3n) is 3.91. The normalized spacial score (nSPS) is 11.1. The Morgan fingerprint density at radius 3 is 2.31 bits per heavy atom. The molecule has 0 atom stereocenters. The van der Waals surface area contributed by atoms with Gasteiger partial charge in [0, 0.05) is 17.4 Å². The van der Waals surface area contributed by atoms with Gasteiger partial charge < -0.3 is 4.74 Å². The van der Waals surface area contributed by atoms with E-state index in [1.165, 1.54) is 24.3 Å². The van der Waals surface area contributed by atoms with Gasteiger partial charge in [-0.25, -0.2) is 18.2 Å². The van der Waals surface area contributed by atoms with Crippen LogP contribution < -0.4 is 5.32 Å². The number of carbonyl (C=O) groups is 2. The molecule has 2 aromatic carbocycles. The molecule has 9 heteroatoms. The Morgan fingerprint density at radius 2 is 1.72 bits per heavy atom. The summed E-state index contributed by atoms with van der Waals surface area (Å²) in [6.45, 7) is 1.90. The van der Waals surface area contributed by atoms with E-state index in [4.69, 9.17) is 4.74 Å². The molecule has 1 aromatic heterocycles. The van der Waals surface area contributed by atoms with Crippen LogP contribution in [-0.4, -0.2) is 38.1 Å². The zero-order valence-corrected chi connectivity index (χ0v) is 17.3. The molecule has 7 nitrogen and oxygen atoms in total. The number of hydrogen-bond acceptors (Lipinski definition) is 7. The van der Waals surface area contributed by atoms with Crippen LogP contribution in [0.4, 0.5) is 9.93 Å². The van der Waals surface area contributed by atoms with Crippen LogP contribution in [0.25, 0.3) is 11.3 Å². The van der Waals surface area contributed by atoms with Crippen molar-refractivity contribution in [3.63, 3.8) is 0 Å². The molecule has 1 heterocycles. The maximum atomic E-state index is 13.1. The predicted octanol–water partition coefficient (Wildman–Crippen LogP) is 4.01. The summed E-state index contributed by atoms with van der Waals surface area (Å²) in [5.74, 6) is -0.321. The first-order valence-electron chi connectivity index (χ1n) is 8.64. The molecule has 1 amide bonds. The van der Waals surface area contributed by atoms with E-state index in [1.54, 1.807) is 6.92 Å². The Balaban J connectivity index is 2.01. The Hall–Kier alpha value is -3.04. The lowest BCUT2D eigenvalue weighted by Gasteiger charge is -2.03. The van der Waals surface area contributed by atoms with Crippen LogP contribution in [0.15, 0.2) is 59.5 Å². The number of amides is 1. The van der Waals surface area contributed by atoms with E-state index < -0.39 is 15.9 Å². The van der Waals surface area contributed by atoms with E-state index in [9.17, 15) is 18.0 Å². The summed E-state index contributed by atoms with van der Waals surface area (Å²) >= 11 is 1.03. The molecule has 0 unspecified atom stereocenters. The monoisotopic (exact) mass is 430 g/mol. The standard InChI is InChI=1S/C20H18N2O5S2/c1-3-27-20(24)22-19-21-16(13-7-5-4-6-8-13)18(28-19)17(23)14-9-11-15(12-10-14)29(2,25)26/h4-12H,3H2,1-2H3,(H,21,22,24). The molecule has 3 aromatic rings. The van der Waals surface area contributed by atoms with Crippen LogP contribution in [0.5, 0.6) is 0 Å². The van der Waals surface area contributed by atoms with Crippen LogP contribution in [-0.2, 0) is 14.6 Å². The topological polar surface area (TPSA) is 102 Å². The van der Waals surface area contributed by atoms with Crippen molar-refractivity contribution < 1.29 is 22.7 Å². The molecule has 0 saturated carbocycles. The lowest BCUT2D eigenvalue weighted by atomic mass is 10.1. The largest absolute Gasteiger partial charge is 0.450 e. The fraction of sp³-hybridized carbons (Fsp3) is 0.150. The van der Waals surface area contributed by atoms with Crippen molar-refractivity contribution in [2.45, 2.75) is 11.8 Å². The number of carbonyl (C=O) groups excluding carboxylic acids is 2. The van der Waals surface area contributed by atoms with Crippen LogP contribution in [0, 0.1) is 0 Å². The number of ether oxygens (including phenoxy) is 1. The number of nitrogens with one attached hydrogen (secondary N) is 1. The van der Waals surface area contributed by atoms with Gasteiger partial charge in [-0.2, -0.15) is 0 Å². The van der Waals surface area contributed by atoms with Crippen molar-refractivity contribution >= 4 is 38.2 Å². The second-order valence-electron chi connectivity index (χ2n) is 6.03. The van der Waals surface area contributed by atoms with Crippen molar-refractivity contribution in [2.75, 3.05) is 18.2 Å². The number of anilines is 1. The van der Waals surface area contributed by atoms with E-state index in [0.29, 0.717) is 16.1 Å². The van der Waals surface area contributed by atoms with Crippen molar-refractivity contribution in [1.29, 1.82) is 0 Å². The molecule has 0 spiro atoms. The number of rotatable bonds is 6. The first kappa shape index (κ1) is 20.7. The predicted molar refractivity (Wildman–Crippen MR) is 111 cm³/mol. The van der Waals surface area contributed by atoms with Gasteiger partial charge >= 0.3 is 6.09 Å². The molecule has 0 saturated heterocycles. The lowest BCUT2D eigenvalue weighted by Crippen LogP contribution is -2.12. The van der Waals surface area contributed by atoms with Gasteiger partial charge in [0.05, 0.1) is 17.2 Å². The number of sulfone groups is 1. The van der Waals surface area contributed by atoms with Crippen molar-refractivity contribution in [3.8, 4) is 11.3 Å². The van der Waals surface area contributed by atoms with E-state index in [0.717, 1.165) is 23.2 Å². The Bertz CT molecular complexity index is 1140. The molecule has 0 aliphatic rings. The molecular weight excluding hydrogens is 412 g/mol. The van der Waals surface area contributed by atoms with Crippen molar-refractivity contribution in [3.05, 3.63) is 65.0 Å². The second kappa shape index (κ2) is 8.54. The minimum atomic E-state index is -3.36. The van der Waals surface area contributed by atoms with Gasteiger partial charge in [0.2, 0.25) is 5.78 Å². The minimum absolute atomic E-state index is 0.131. The molecule has 1 N–H and O–H groups in total. The Labute approximate surface area is 172 Å². The van der Waals surface area contributed by atoms with Crippen molar-refractivity contribution in [2.24, 2.45) is 0 Å². The van der Waals surface area contributed by atoms with Gasteiger partial charge in [-0.1, -0.05) is 41.7 Å². The maximum absolute atomic E-state index is 13.1. The van der Waals surface area contributed by atoms with Crippen LogP contribution in [0.2, 0.25) is 0 Å². The SMILES string of the molecule is CCOC(=O)Nc1nc(-c2ccccc2)c(C(=O)c2ccc(S(C)(=O)=O)cc2)s1. The average Bonchev–Trinajstić information content (AvgIpc) is 3.11. The highest BCUT2D eigenvalue weighted by atomic mass is 32.2. The molecular formula is C20H18N2O5S2. The highest BCUT2D eigenvalue weighted by molar-refractivity contribution is 7.90. The maximum Gasteiger partial charge on any atom is 0.413 e. The minimum Gasteiger partial charge on any atom is -0.450 e. The van der Waals surface area contributed by atoms with E-state index in [1.807, 2.05) is 30.3 Å². The van der Waals surface area contributed by atoms with Gasteiger partial charge in [0.25, 0.3) is 0 Å². The van der Waals surface area contributed by atoms with E-state index in [2.05, 4.69) is 10.3 Å². The smallest absolute Gasteiger partial charge is 0.413 e. The number of aromatic nitrogens is 1. The van der Waals surface area contributed by atoms with E-state index >= 15 is 0 Å². The Morgan fingerprint density at radius 1 is 1.07 bits per heavy atom. The Kier molecular flexibility index (Phi) is 6.09. The fourth-order valence-corrected chi connectivity index (χ4v) is 4.12. The summed E-state index contributed by atoms with van der Waals surface area (Å²) in [6.07, 6.45) is 0.450. The summed E-state index contributed by atoms with van der Waals surface area (Å²) in [7, 11) is -3.36. The zero-order chi connectivity index (χ0) is 21.0. The second-order valence-corrected chi connectivity index (χ2v) is 9.05. The van der Waals surface area contributed by atoms with Crippen LogP contribution in [0.3, 0.4) is 0 Å². The van der Waals surface area contributed by atoms with Gasteiger partial charge in [0.15, 0.2) is 15.0 Å². The average molecular weight is 431 g/mol. The number of hydrogen-bond donors (Lipinski definition) is 1.